The number of carbonyl (C=O) groups is 1. The number of aromatic nitrogens is 2. The van der Waals surface area contributed by atoms with E-state index in [2.05, 4.69) is 10.1 Å². The Labute approximate surface area is 182 Å². The number of nitriles is 1. The van der Waals surface area contributed by atoms with Crippen LogP contribution in [0.1, 0.15) is 43.9 Å². The highest BCUT2D eigenvalue weighted by Gasteiger charge is 2.37. The summed E-state index contributed by atoms with van der Waals surface area (Å²) < 4.78 is 52.4. The molecule has 3 rings (SSSR count). The number of benzene rings is 2. The van der Waals surface area contributed by atoms with Crippen LogP contribution in [0.25, 0.3) is 22.8 Å². The molecule has 1 aromatic heterocycles. The first-order chi connectivity index (χ1) is 15.1. The van der Waals surface area contributed by atoms with Crippen molar-refractivity contribution in [1.29, 1.82) is 5.26 Å². The molecular formula is C23H20F3N3O3. The summed E-state index contributed by atoms with van der Waals surface area (Å²) >= 11 is 0. The zero-order valence-electron chi connectivity index (χ0n) is 17.7. The molecule has 0 saturated carbocycles. The topological polar surface area (TPSA) is 89.0 Å². The smallest absolute Gasteiger partial charge is 0.417 e. The molecule has 32 heavy (non-hydrogen) atoms. The number of aryl methyl sites for hydroxylation is 1. The summed E-state index contributed by atoms with van der Waals surface area (Å²) in [5.41, 5.74) is -0.546. The van der Waals surface area contributed by atoms with Gasteiger partial charge in [-0.25, -0.2) is 0 Å². The summed E-state index contributed by atoms with van der Waals surface area (Å²) in [6, 6.07) is 10.7. The van der Waals surface area contributed by atoms with Crippen LogP contribution in [-0.2, 0) is 17.4 Å². The number of ether oxygens (including phenoxy) is 1. The molecule has 9 heteroatoms. The van der Waals surface area contributed by atoms with Crippen molar-refractivity contribution in [3.63, 3.8) is 0 Å². The predicted octanol–water partition coefficient (Wildman–Crippen LogP) is 5.60. The Hall–Kier alpha value is -3.67. The van der Waals surface area contributed by atoms with Gasteiger partial charge in [-0.05, 0) is 51.0 Å². The van der Waals surface area contributed by atoms with Gasteiger partial charge in [0.05, 0.1) is 17.2 Å². The molecule has 166 valence electrons. The molecule has 0 bridgehead atoms. The third-order valence-electron chi connectivity index (χ3n) is 4.56. The van der Waals surface area contributed by atoms with Crippen LogP contribution in [0, 0.1) is 11.3 Å². The van der Waals surface area contributed by atoms with E-state index in [1.54, 1.807) is 12.1 Å². The Balaban J connectivity index is 2.03. The monoisotopic (exact) mass is 443 g/mol. The largest absolute Gasteiger partial charge is 0.490 e. The second-order valence-corrected chi connectivity index (χ2v) is 7.45. The maximum Gasteiger partial charge on any atom is 0.417 e. The SMILES string of the molecule is CC(=O)CCc1cccc(-c2noc(-c3ccc(OC(C)C)c(C#N)c3)n2)c1C(F)(F)F. The maximum absolute atomic E-state index is 13.9. The quantitative estimate of drug-likeness (QED) is 0.472. The van der Waals surface area contributed by atoms with Gasteiger partial charge < -0.3 is 14.1 Å². The van der Waals surface area contributed by atoms with E-state index in [1.165, 1.54) is 31.2 Å². The highest BCUT2D eigenvalue weighted by molar-refractivity contribution is 5.76. The average Bonchev–Trinajstić information content (AvgIpc) is 3.21. The Morgan fingerprint density at radius 2 is 2.00 bits per heavy atom. The van der Waals surface area contributed by atoms with Crippen LogP contribution in [0.15, 0.2) is 40.9 Å². The minimum Gasteiger partial charge on any atom is -0.490 e. The van der Waals surface area contributed by atoms with Crippen LogP contribution in [0.4, 0.5) is 13.2 Å². The molecule has 2 aromatic carbocycles. The van der Waals surface area contributed by atoms with Crippen molar-refractivity contribution in [2.45, 2.75) is 45.9 Å². The van der Waals surface area contributed by atoms with Crippen molar-refractivity contribution < 1.29 is 27.2 Å². The number of hydrogen-bond donors (Lipinski definition) is 0. The molecule has 0 radical (unpaired) electrons. The van der Waals surface area contributed by atoms with Gasteiger partial charge >= 0.3 is 6.18 Å². The lowest BCUT2D eigenvalue weighted by Gasteiger charge is -2.15. The molecular weight excluding hydrogens is 423 g/mol. The fraction of sp³-hybridized carbons (Fsp3) is 0.304. The van der Waals surface area contributed by atoms with Gasteiger partial charge in [0.2, 0.25) is 5.82 Å². The fourth-order valence-corrected chi connectivity index (χ4v) is 3.20. The number of nitrogens with zero attached hydrogens (tertiary/aromatic N) is 3. The lowest BCUT2D eigenvalue weighted by atomic mass is 9.96. The number of Topliss-reactive ketones (excluding diaryl/α,β-unsaturated/α-hetero) is 1. The molecule has 0 unspecified atom stereocenters. The van der Waals surface area contributed by atoms with Crippen molar-refractivity contribution in [3.05, 3.63) is 53.1 Å². The van der Waals surface area contributed by atoms with E-state index >= 15 is 0 Å². The van der Waals surface area contributed by atoms with Gasteiger partial charge in [-0.15, -0.1) is 0 Å². The zero-order chi connectivity index (χ0) is 23.5. The van der Waals surface area contributed by atoms with E-state index < -0.39 is 11.7 Å². The van der Waals surface area contributed by atoms with E-state index in [0.717, 1.165) is 0 Å². The lowest BCUT2D eigenvalue weighted by molar-refractivity contribution is -0.137. The van der Waals surface area contributed by atoms with Crippen molar-refractivity contribution >= 4 is 5.78 Å². The Bertz CT molecular complexity index is 1180. The first kappa shape index (κ1) is 23.0. The Kier molecular flexibility index (Phi) is 6.63. The standard InChI is InChI=1S/C23H20F3N3O3/c1-13(2)31-19-10-9-16(11-17(19)12-27)22-28-21(29-32-22)18-6-4-5-15(8-7-14(3)30)20(18)23(24,25)26/h4-6,9-11,13H,7-8H2,1-3H3. The van der Waals surface area contributed by atoms with Crippen LogP contribution in [0.3, 0.4) is 0 Å². The third-order valence-corrected chi connectivity index (χ3v) is 4.56. The van der Waals surface area contributed by atoms with E-state index in [-0.39, 0.29) is 53.1 Å². The number of hydrogen-bond acceptors (Lipinski definition) is 6. The molecule has 0 amide bonds. The fourth-order valence-electron chi connectivity index (χ4n) is 3.20. The summed E-state index contributed by atoms with van der Waals surface area (Å²) in [6.07, 6.45) is -4.87. The van der Waals surface area contributed by atoms with Crippen LogP contribution in [0.5, 0.6) is 5.75 Å². The second kappa shape index (κ2) is 9.22. The number of carbonyl (C=O) groups excluding carboxylic acids is 1. The van der Waals surface area contributed by atoms with Crippen molar-refractivity contribution in [1.82, 2.24) is 10.1 Å². The summed E-state index contributed by atoms with van der Waals surface area (Å²) in [4.78, 5) is 15.4. The van der Waals surface area contributed by atoms with Gasteiger partial charge in [-0.2, -0.15) is 23.4 Å². The van der Waals surface area contributed by atoms with Crippen molar-refractivity contribution in [3.8, 4) is 34.7 Å². The highest BCUT2D eigenvalue weighted by Crippen LogP contribution is 2.39. The molecule has 0 atom stereocenters. The number of rotatable bonds is 7. The first-order valence-corrected chi connectivity index (χ1v) is 9.84. The third kappa shape index (κ3) is 5.14. The number of ketones is 1. The van der Waals surface area contributed by atoms with Crippen LogP contribution in [-0.4, -0.2) is 22.0 Å². The highest BCUT2D eigenvalue weighted by atomic mass is 19.4. The molecule has 1 heterocycles. The van der Waals surface area contributed by atoms with Gasteiger partial charge in [-0.1, -0.05) is 23.4 Å². The Morgan fingerprint density at radius 3 is 2.62 bits per heavy atom. The number of alkyl halides is 3. The van der Waals surface area contributed by atoms with Crippen molar-refractivity contribution in [2.75, 3.05) is 0 Å². The van der Waals surface area contributed by atoms with Gasteiger partial charge in [0.1, 0.15) is 17.6 Å². The molecule has 0 saturated heterocycles. The second-order valence-electron chi connectivity index (χ2n) is 7.45. The molecule has 0 aliphatic heterocycles. The molecule has 0 spiro atoms. The minimum atomic E-state index is -4.67. The van der Waals surface area contributed by atoms with E-state index in [1.807, 2.05) is 19.9 Å². The normalized spacial score (nSPS) is 11.4. The van der Waals surface area contributed by atoms with Gasteiger partial charge in [0, 0.05) is 17.5 Å². The summed E-state index contributed by atoms with van der Waals surface area (Å²) in [5.74, 6) is -0.0973. The first-order valence-electron chi connectivity index (χ1n) is 9.84. The Morgan fingerprint density at radius 1 is 1.25 bits per heavy atom. The predicted molar refractivity (Wildman–Crippen MR) is 110 cm³/mol. The van der Waals surface area contributed by atoms with E-state index in [4.69, 9.17) is 9.26 Å². The summed E-state index contributed by atoms with van der Waals surface area (Å²) in [6.45, 7) is 4.97. The van der Waals surface area contributed by atoms with Gasteiger partial charge in [-0.3, -0.25) is 0 Å². The minimum absolute atomic E-state index is 0.00817. The summed E-state index contributed by atoms with van der Waals surface area (Å²) in [7, 11) is 0. The molecule has 3 aromatic rings. The lowest BCUT2D eigenvalue weighted by Crippen LogP contribution is -2.12. The average molecular weight is 443 g/mol. The zero-order valence-corrected chi connectivity index (χ0v) is 17.7. The summed E-state index contributed by atoms with van der Waals surface area (Å²) in [5, 5.41) is 13.1. The van der Waals surface area contributed by atoms with Gasteiger partial charge in [0.15, 0.2) is 0 Å². The molecule has 6 nitrogen and oxygen atoms in total. The van der Waals surface area contributed by atoms with Crippen LogP contribution < -0.4 is 4.74 Å². The molecule has 0 aliphatic carbocycles. The maximum atomic E-state index is 13.9. The number of halogens is 3. The molecule has 0 aliphatic rings. The molecule has 0 N–H and O–H groups in total. The van der Waals surface area contributed by atoms with E-state index in [9.17, 15) is 23.2 Å². The van der Waals surface area contributed by atoms with Crippen molar-refractivity contribution in [2.24, 2.45) is 0 Å². The van der Waals surface area contributed by atoms with E-state index in [0.29, 0.717) is 11.3 Å². The van der Waals surface area contributed by atoms with Gasteiger partial charge in [0.25, 0.3) is 5.89 Å². The van der Waals surface area contributed by atoms with Crippen LogP contribution in [0.2, 0.25) is 0 Å². The van der Waals surface area contributed by atoms with Crippen LogP contribution >= 0.6 is 0 Å². The molecule has 0 fully saturated rings.